The molecule has 0 spiro atoms. The maximum atomic E-state index is 11.0. The van der Waals surface area contributed by atoms with Crippen molar-refractivity contribution in [1.82, 2.24) is 0 Å². The lowest BCUT2D eigenvalue weighted by Crippen LogP contribution is -2.60. The van der Waals surface area contributed by atoms with Gasteiger partial charge in [0.1, 0.15) is 0 Å². The Balaban J connectivity index is 2.13. The number of nitrogens with one attached hydrogen (secondary N) is 1. The van der Waals surface area contributed by atoms with Crippen LogP contribution in [0.4, 0.5) is 11.4 Å². The zero-order valence-electron chi connectivity index (χ0n) is 12.2. The fourth-order valence-electron chi connectivity index (χ4n) is 2.45. The maximum absolute atomic E-state index is 11.0. The second kappa shape index (κ2) is 6.73. The van der Waals surface area contributed by atoms with Gasteiger partial charge in [0.15, 0.2) is 5.75 Å². The summed E-state index contributed by atoms with van der Waals surface area (Å²) < 4.78 is 10.9. The van der Waals surface area contributed by atoms with Gasteiger partial charge in [0, 0.05) is 30.5 Å². The summed E-state index contributed by atoms with van der Waals surface area (Å²) in [5.41, 5.74) is 6.69. The minimum absolute atomic E-state index is 0.0147. The number of benzene rings is 1. The van der Waals surface area contributed by atoms with E-state index in [9.17, 15) is 10.1 Å². The molecule has 1 saturated carbocycles. The van der Waals surface area contributed by atoms with Gasteiger partial charge in [-0.1, -0.05) is 0 Å². The van der Waals surface area contributed by atoms with Gasteiger partial charge in [-0.25, -0.2) is 0 Å². The first-order valence-electron chi connectivity index (χ1n) is 7.11. The molecule has 1 aliphatic carbocycles. The lowest BCUT2D eigenvalue weighted by molar-refractivity contribution is -0.385. The van der Waals surface area contributed by atoms with Crippen molar-refractivity contribution < 1.29 is 14.4 Å². The maximum Gasteiger partial charge on any atom is 0.311 e. The molecular weight excluding hydrogens is 274 g/mol. The third-order valence-electron chi connectivity index (χ3n) is 3.54. The van der Waals surface area contributed by atoms with Crippen LogP contribution in [-0.2, 0) is 4.74 Å². The van der Waals surface area contributed by atoms with Gasteiger partial charge in [0.05, 0.1) is 23.7 Å². The molecule has 1 fully saturated rings. The standard InChI is InChI=1S/C14H21N3O4/c1-3-20-12-7-9(5-6-11(12)17(18)19)16-14-10(15)8-13(14)21-4-2/h5-7,10,13-14,16H,3-4,8,15H2,1-2H3. The van der Waals surface area contributed by atoms with E-state index in [0.29, 0.717) is 13.2 Å². The van der Waals surface area contributed by atoms with Crippen molar-refractivity contribution in [3.05, 3.63) is 28.3 Å². The Kier molecular flexibility index (Phi) is 4.98. The minimum Gasteiger partial charge on any atom is -0.487 e. The predicted octanol–water partition coefficient (Wildman–Crippen LogP) is 1.91. The molecule has 0 aromatic heterocycles. The second-order valence-corrected chi connectivity index (χ2v) is 4.94. The van der Waals surface area contributed by atoms with Crippen LogP contribution in [0.1, 0.15) is 20.3 Å². The van der Waals surface area contributed by atoms with E-state index in [0.717, 1.165) is 12.1 Å². The highest BCUT2D eigenvalue weighted by Gasteiger charge is 2.39. The summed E-state index contributed by atoms with van der Waals surface area (Å²) in [5.74, 6) is 0.258. The summed E-state index contributed by atoms with van der Waals surface area (Å²) in [6, 6.07) is 4.77. The van der Waals surface area contributed by atoms with Crippen molar-refractivity contribution in [3.8, 4) is 5.75 Å². The van der Waals surface area contributed by atoms with Crippen LogP contribution in [0.5, 0.6) is 5.75 Å². The van der Waals surface area contributed by atoms with E-state index in [1.807, 2.05) is 6.92 Å². The lowest BCUT2D eigenvalue weighted by Gasteiger charge is -2.43. The van der Waals surface area contributed by atoms with Gasteiger partial charge < -0.3 is 20.5 Å². The Bertz CT molecular complexity index is 507. The molecule has 1 aromatic carbocycles. The van der Waals surface area contributed by atoms with Crippen LogP contribution in [0.15, 0.2) is 18.2 Å². The van der Waals surface area contributed by atoms with Crippen LogP contribution in [0.25, 0.3) is 0 Å². The Morgan fingerprint density at radius 3 is 2.76 bits per heavy atom. The molecule has 3 unspecified atom stereocenters. The van der Waals surface area contributed by atoms with E-state index in [1.165, 1.54) is 6.07 Å². The predicted molar refractivity (Wildman–Crippen MR) is 79.7 cm³/mol. The highest BCUT2D eigenvalue weighted by Crippen LogP contribution is 2.32. The molecule has 7 nitrogen and oxygen atoms in total. The number of ether oxygens (including phenoxy) is 2. The minimum atomic E-state index is -0.452. The van der Waals surface area contributed by atoms with Gasteiger partial charge in [0.25, 0.3) is 0 Å². The quantitative estimate of drug-likeness (QED) is 0.589. The third-order valence-corrected chi connectivity index (χ3v) is 3.54. The Hall–Kier alpha value is -1.86. The summed E-state index contributed by atoms with van der Waals surface area (Å²) in [6.45, 7) is 4.74. The monoisotopic (exact) mass is 295 g/mol. The van der Waals surface area contributed by atoms with Crippen molar-refractivity contribution in [2.75, 3.05) is 18.5 Å². The number of rotatable bonds is 7. The highest BCUT2D eigenvalue weighted by molar-refractivity contribution is 5.58. The van der Waals surface area contributed by atoms with Crippen LogP contribution < -0.4 is 15.8 Å². The molecule has 1 aliphatic rings. The van der Waals surface area contributed by atoms with Crippen molar-refractivity contribution in [1.29, 1.82) is 0 Å². The van der Waals surface area contributed by atoms with Crippen LogP contribution in [-0.4, -0.2) is 36.3 Å². The summed E-state index contributed by atoms with van der Waals surface area (Å²) in [6.07, 6.45) is 0.896. The number of nitro groups is 1. The Labute approximate surface area is 123 Å². The van der Waals surface area contributed by atoms with Crippen LogP contribution in [0, 0.1) is 10.1 Å². The summed E-state index contributed by atoms with van der Waals surface area (Å²) in [7, 11) is 0. The molecule has 0 radical (unpaired) electrons. The molecule has 0 saturated heterocycles. The number of nitrogens with two attached hydrogens (primary N) is 1. The van der Waals surface area contributed by atoms with Crippen molar-refractivity contribution in [3.63, 3.8) is 0 Å². The zero-order chi connectivity index (χ0) is 15.4. The molecule has 1 aromatic rings. The molecule has 21 heavy (non-hydrogen) atoms. The van der Waals surface area contributed by atoms with E-state index < -0.39 is 4.92 Å². The van der Waals surface area contributed by atoms with E-state index >= 15 is 0 Å². The van der Waals surface area contributed by atoms with E-state index in [2.05, 4.69) is 5.32 Å². The first-order valence-corrected chi connectivity index (χ1v) is 7.11. The number of hydrogen-bond donors (Lipinski definition) is 2. The number of nitro benzene ring substituents is 1. The van der Waals surface area contributed by atoms with Gasteiger partial charge in [-0.05, 0) is 26.3 Å². The number of anilines is 1. The summed E-state index contributed by atoms with van der Waals surface area (Å²) in [4.78, 5) is 10.5. The van der Waals surface area contributed by atoms with Crippen molar-refractivity contribution in [2.45, 2.75) is 38.5 Å². The van der Waals surface area contributed by atoms with Gasteiger partial charge in [-0.15, -0.1) is 0 Å². The van der Waals surface area contributed by atoms with Crippen molar-refractivity contribution in [2.24, 2.45) is 5.73 Å². The van der Waals surface area contributed by atoms with Gasteiger partial charge in [0.2, 0.25) is 0 Å². The fraction of sp³-hybridized carbons (Fsp3) is 0.571. The average Bonchev–Trinajstić information content (AvgIpc) is 2.45. The molecule has 3 N–H and O–H groups in total. The SMILES string of the molecule is CCOc1cc(NC2C(N)CC2OCC)ccc1[N+](=O)[O-]. The molecule has 0 heterocycles. The van der Waals surface area contributed by atoms with Crippen LogP contribution in [0.2, 0.25) is 0 Å². The van der Waals surface area contributed by atoms with Gasteiger partial charge in [-0.2, -0.15) is 0 Å². The number of nitrogens with zero attached hydrogens (tertiary/aromatic N) is 1. The first kappa shape index (κ1) is 15.5. The van der Waals surface area contributed by atoms with Crippen LogP contribution in [0.3, 0.4) is 0 Å². The molecule has 116 valence electrons. The average molecular weight is 295 g/mol. The molecule has 0 amide bonds. The largest absolute Gasteiger partial charge is 0.487 e. The van der Waals surface area contributed by atoms with Gasteiger partial charge >= 0.3 is 5.69 Å². The highest BCUT2D eigenvalue weighted by atomic mass is 16.6. The first-order chi connectivity index (χ1) is 10.1. The molecule has 0 aliphatic heterocycles. The van der Waals surface area contributed by atoms with E-state index in [4.69, 9.17) is 15.2 Å². The second-order valence-electron chi connectivity index (χ2n) is 4.94. The molecular formula is C14H21N3O4. The zero-order valence-corrected chi connectivity index (χ0v) is 12.2. The Morgan fingerprint density at radius 2 is 2.19 bits per heavy atom. The summed E-state index contributed by atoms with van der Waals surface area (Å²) in [5, 5.41) is 14.2. The molecule has 3 atom stereocenters. The van der Waals surface area contributed by atoms with Crippen molar-refractivity contribution >= 4 is 11.4 Å². The molecule has 0 bridgehead atoms. The smallest absolute Gasteiger partial charge is 0.311 e. The van der Waals surface area contributed by atoms with E-state index in [1.54, 1.807) is 19.1 Å². The van der Waals surface area contributed by atoms with E-state index in [-0.39, 0.29) is 29.6 Å². The van der Waals surface area contributed by atoms with Crippen LogP contribution >= 0.6 is 0 Å². The lowest BCUT2D eigenvalue weighted by atomic mass is 9.83. The Morgan fingerprint density at radius 1 is 1.43 bits per heavy atom. The number of hydrogen-bond acceptors (Lipinski definition) is 6. The molecule has 2 rings (SSSR count). The van der Waals surface area contributed by atoms with Gasteiger partial charge in [-0.3, -0.25) is 10.1 Å². The fourth-order valence-corrected chi connectivity index (χ4v) is 2.45. The molecule has 7 heteroatoms. The summed E-state index contributed by atoms with van der Waals surface area (Å²) >= 11 is 0. The normalized spacial score (nSPS) is 24.2. The third kappa shape index (κ3) is 3.43. The topological polar surface area (TPSA) is 99.7 Å².